The summed E-state index contributed by atoms with van der Waals surface area (Å²) in [4.78, 5) is 2.63. The van der Waals surface area contributed by atoms with Crippen LogP contribution in [0.25, 0.3) is 0 Å². The first-order valence-corrected chi connectivity index (χ1v) is 7.41. The molecular weight excluding hydrogens is 204 g/mol. The van der Waals surface area contributed by atoms with Crippen LogP contribution in [0.1, 0.15) is 32.6 Å². The van der Waals surface area contributed by atoms with Gasteiger partial charge in [-0.1, -0.05) is 6.92 Å². The Balaban J connectivity index is 2.22. The van der Waals surface area contributed by atoms with Crippen molar-refractivity contribution in [3.63, 3.8) is 0 Å². The van der Waals surface area contributed by atoms with Gasteiger partial charge in [-0.05, 0) is 65.2 Å². The molecule has 0 aromatic heterocycles. The first-order chi connectivity index (χ1) is 7.26. The zero-order valence-corrected chi connectivity index (χ0v) is 11.3. The summed E-state index contributed by atoms with van der Waals surface area (Å²) in [6.45, 7) is 7.37. The van der Waals surface area contributed by atoms with E-state index in [-0.39, 0.29) is 0 Å². The molecule has 1 rings (SSSR count). The number of piperidine rings is 1. The van der Waals surface area contributed by atoms with Crippen LogP contribution in [-0.4, -0.2) is 49.1 Å². The smallest absolute Gasteiger partial charge is 0.0179 e. The molecule has 0 bridgehead atoms. The van der Waals surface area contributed by atoms with Crippen LogP contribution in [0.15, 0.2) is 0 Å². The number of thioether (sulfide) groups is 1. The summed E-state index contributed by atoms with van der Waals surface area (Å²) in [6.07, 6.45) is 7.65. The summed E-state index contributed by atoms with van der Waals surface area (Å²) >= 11 is 2.08. The molecule has 0 spiro atoms. The fraction of sp³-hybridized carbons (Fsp3) is 1.00. The molecule has 0 aliphatic carbocycles. The van der Waals surface area contributed by atoms with E-state index in [1.165, 1.54) is 45.3 Å². The van der Waals surface area contributed by atoms with E-state index in [0.717, 1.165) is 6.54 Å². The lowest BCUT2D eigenvalue weighted by molar-refractivity contribution is 0.196. The highest BCUT2D eigenvalue weighted by molar-refractivity contribution is 8.00. The van der Waals surface area contributed by atoms with Crippen LogP contribution in [0.4, 0.5) is 0 Å². The molecule has 1 fully saturated rings. The second-order valence-electron chi connectivity index (χ2n) is 4.54. The summed E-state index contributed by atoms with van der Waals surface area (Å²) in [5, 5.41) is 3.22. The van der Waals surface area contributed by atoms with Crippen LogP contribution in [-0.2, 0) is 0 Å². The van der Waals surface area contributed by atoms with Gasteiger partial charge in [-0.25, -0.2) is 0 Å². The average molecular weight is 230 g/mol. The van der Waals surface area contributed by atoms with Crippen molar-refractivity contribution in [2.24, 2.45) is 0 Å². The number of hydrogen-bond acceptors (Lipinski definition) is 3. The molecule has 0 unspecified atom stereocenters. The van der Waals surface area contributed by atoms with Crippen LogP contribution in [0.5, 0.6) is 0 Å². The Hall–Kier alpha value is 0.270. The van der Waals surface area contributed by atoms with Crippen molar-refractivity contribution in [1.82, 2.24) is 10.2 Å². The Bertz CT molecular complexity index is 159. The molecule has 1 N–H and O–H groups in total. The number of nitrogens with zero attached hydrogens (tertiary/aromatic N) is 1. The summed E-state index contributed by atoms with van der Waals surface area (Å²) in [5.74, 6) is 0. The molecule has 1 aliphatic heterocycles. The van der Waals surface area contributed by atoms with Crippen LogP contribution in [0, 0.1) is 0 Å². The number of nitrogens with one attached hydrogen (secondary N) is 1. The van der Waals surface area contributed by atoms with Gasteiger partial charge in [-0.3, -0.25) is 0 Å². The number of rotatable bonds is 6. The van der Waals surface area contributed by atoms with Gasteiger partial charge in [-0.15, -0.1) is 0 Å². The molecule has 0 saturated carbocycles. The maximum atomic E-state index is 3.22. The van der Waals surface area contributed by atoms with Gasteiger partial charge in [0.1, 0.15) is 0 Å². The highest BCUT2D eigenvalue weighted by Crippen LogP contribution is 2.37. The second kappa shape index (κ2) is 6.77. The standard InChI is InChI=1S/C12H26N2S/c1-4-12(15-3)6-10-14(11-7-12)9-5-8-13-2/h13H,4-11H2,1-3H3. The Morgan fingerprint density at radius 3 is 2.47 bits per heavy atom. The Labute approximate surface area is 99.2 Å². The maximum Gasteiger partial charge on any atom is 0.0179 e. The molecule has 1 heterocycles. The van der Waals surface area contributed by atoms with Gasteiger partial charge in [0.25, 0.3) is 0 Å². The Kier molecular flexibility index (Phi) is 6.02. The molecule has 0 aromatic carbocycles. The summed E-state index contributed by atoms with van der Waals surface area (Å²) in [7, 11) is 2.03. The fourth-order valence-electron chi connectivity index (χ4n) is 2.37. The molecule has 90 valence electrons. The molecular formula is C12H26N2S. The van der Waals surface area contributed by atoms with Gasteiger partial charge in [0, 0.05) is 4.75 Å². The third-order valence-electron chi connectivity index (χ3n) is 3.75. The van der Waals surface area contributed by atoms with Crippen molar-refractivity contribution >= 4 is 11.8 Å². The van der Waals surface area contributed by atoms with E-state index >= 15 is 0 Å². The minimum atomic E-state index is 0.597. The van der Waals surface area contributed by atoms with E-state index in [1.54, 1.807) is 0 Å². The summed E-state index contributed by atoms with van der Waals surface area (Å²) in [6, 6.07) is 0. The van der Waals surface area contributed by atoms with Crippen LogP contribution >= 0.6 is 11.8 Å². The highest BCUT2D eigenvalue weighted by Gasteiger charge is 2.31. The molecule has 15 heavy (non-hydrogen) atoms. The largest absolute Gasteiger partial charge is 0.320 e. The summed E-state index contributed by atoms with van der Waals surface area (Å²) < 4.78 is 0.597. The van der Waals surface area contributed by atoms with Crippen molar-refractivity contribution in [2.75, 3.05) is 39.5 Å². The molecule has 0 atom stereocenters. The Morgan fingerprint density at radius 1 is 1.33 bits per heavy atom. The molecule has 0 radical (unpaired) electrons. The highest BCUT2D eigenvalue weighted by atomic mass is 32.2. The van der Waals surface area contributed by atoms with Crippen LogP contribution in [0.2, 0.25) is 0 Å². The van der Waals surface area contributed by atoms with Gasteiger partial charge in [0.2, 0.25) is 0 Å². The maximum absolute atomic E-state index is 3.22. The van der Waals surface area contributed by atoms with E-state index in [9.17, 15) is 0 Å². The first kappa shape index (κ1) is 13.3. The van der Waals surface area contributed by atoms with E-state index < -0.39 is 0 Å². The number of hydrogen-bond donors (Lipinski definition) is 1. The van der Waals surface area contributed by atoms with E-state index in [1.807, 2.05) is 7.05 Å². The topological polar surface area (TPSA) is 15.3 Å². The zero-order chi connectivity index (χ0) is 11.1. The molecule has 0 amide bonds. The molecule has 0 aromatic rings. The predicted molar refractivity (Wildman–Crippen MR) is 70.8 cm³/mol. The molecule has 1 aliphatic rings. The van der Waals surface area contributed by atoms with Gasteiger partial charge in [-0.2, -0.15) is 11.8 Å². The van der Waals surface area contributed by atoms with Crippen molar-refractivity contribution in [1.29, 1.82) is 0 Å². The molecule has 1 saturated heterocycles. The van der Waals surface area contributed by atoms with E-state index in [0.29, 0.717) is 4.75 Å². The van der Waals surface area contributed by atoms with E-state index in [2.05, 4.69) is 35.2 Å². The average Bonchev–Trinajstić information content (AvgIpc) is 2.31. The lowest BCUT2D eigenvalue weighted by atomic mass is 9.93. The van der Waals surface area contributed by atoms with Crippen LogP contribution < -0.4 is 5.32 Å². The van der Waals surface area contributed by atoms with E-state index in [4.69, 9.17) is 0 Å². The van der Waals surface area contributed by atoms with Gasteiger partial charge >= 0.3 is 0 Å². The van der Waals surface area contributed by atoms with Gasteiger partial charge < -0.3 is 10.2 Å². The van der Waals surface area contributed by atoms with Crippen molar-refractivity contribution in [2.45, 2.75) is 37.4 Å². The first-order valence-electron chi connectivity index (χ1n) is 6.18. The zero-order valence-electron chi connectivity index (χ0n) is 10.5. The third kappa shape index (κ3) is 3.97. The van der Waals surface area contributed by atoms with Gasteiger partial charge in [0.05, 0.1) is 0 Å². The Morgan fingerprint density at radius 2 is 2.00 bits per heavy atom. The SMILES string of the molecule is CCC1(SC)CCN(CCCNC)CC1. The monoisotopic (exact) mass is 230 g/mol. The predicted octanol–water partition coefficient (Wildman–Crippen LogP) is 2.20. The normalized spacial score (nSPS) is 21.8. The third-order valence-corrected chi connectivity index (χ3v) is 5.31. The lowest BCUT2D eigenvalue weighted by Crippen LogP contribution is -2.42. The van der Waals surface area contributed by atoms with Gasteiger partial charge in [0.15, 0.2) is 0 Å². The number of likely N-dealkylation sites (tertiary alicyclic amines) is 1. The quantitative estimate of drug-likeness (QED) is 0.704. The van der Waals surface area contributed by atoms with Crippen molar-refractivity contribution < 1.29 is 0 Å². The minimum absolute atomic E-state index is 0.597. The molecule has 2 nitrogen and oxygen atoms in total. The van der Waals surface area contributed by atoms with Crippen molar-refractivity contribution in [3.8, 4) is 0 Å². The van der Waals surface area contributed by atoms with Crippen LogP contribution in [0.3, 0.4) is 0 Å². The summed E-state index contributed by atoms with van der Waals surface area (Å²) in [5.41, 5.74) is 0. The molecule has 3 heteroatoms. The fourth-order valence-corrected chi connectivity index (χ4v) is 3.25. The minimum Gasteiger partial charge on any atom is -0.320 e. The van der Waals surface area contributed by atoms with Crippen molar-refractivity contribution in [3.05, 3.63) is 0 Å². The lowest BCUT2D eigenvalue weighted by Gasteiger charge is -2.40. The second-order valence-corrected chi connectivity index (χ2v) is 5.81.